The number of aryl methyl sites for hydroxylation is 1. The molecule has 3 aromatic rings. The average molecular weight is 311 g/mol. The number of morpholine rings is 1. The molecule has 0 amide bonds. The number of hydrogen-bond acceptors (Lipinski definition) is 5. The van der Waals surface area contributed by atoms with Gasteiger partial charge in [0.25, 0.3) is 0 Å². The molecule has 0 atom stereocenters. The number of hydrogen-bond donors (Lipinski definition) is 1. The molecule has 0 bridgehead atoms. The molecule has 0 aliphatic carbocycles. The Hall–Kier alpha value is -2.18. The minimum Gasteiger partial charge on any atom is -0.379 e. The number of rotatable bonds is 4. The van der Waals surface area contributed by atoms with E-state index in [0.29, 0.717) is 0 Å². The van der Waals surface area contributed by atoms with Crippen LogP contribution in [0, 0.1) is 6.92 Å². The fourth-order valence-corrected chi connectivity index (χ4v) is 3.19. The highest BCUT2D eigenvalue weighted by atomic mass is 16.5. The first-order valence-electron chi connectivity index (χ1n) is 8.10. The summed E-state index contributed by atoms with van der Waals surface area (Å²) in [4.78, 5) is 2.41. The lowest BCUT2D eigenvalue weighted by atomic mass is 10.2. The van der Waals surface area contributed by atoms with Crippen LogP contribution in [-0.4, -0.2) is 58.9 Å². The van der Waals surface area contributed by atoms with Gasteiger partial charge in [-0.25, -0.2) is 0 Å². The number of aromatic nitrogens is 3. The number of anilines is 1. The van der Waals surface area contributed by atoms with E-state index in [1.807, 2.05) is 13.0 Å². The Bertz CT molecular complexity index is 822. The molecule has 1 aliphatic heterocycles. The number of pyridine rings is 1. The summed E-state index contributed by atoms with van der Waals surface area (Å²) in [6.07, 6.45) is 2.07. The highest BCUT2D eigenvalue weighted by molar-refractivity contribution is 5.96. The van der Waals surface area contributed by atoms with Crippen LogP contribution >= 0.6 is 0 Å². The van der Waals surface area contributed by atoms with Crippen LogP contribution in [0.2, 0.25) is 0 Å². The Morgan fingerprint density at radius 1 is 1.22 bits per heavy atom. The number of nitrogens with one attached hydrogen (secondary N) is 1. The lowest BCUT2D eigenvalue weighted by Gasteiger charge is -2.26. The van der Waals surface area contributed by atoms with E-state index in [-0.39, 0.29) is 0 Å². The van der Waals surface area contributed by atoms with Crippen LogP contribution in [-0.2, 0) is 4.74 Å². The maximum Gasteiger partial charge on any atom is 0.158 e. The standard InChI is InChI=1S/C17H21N5O/c1-13-16-15(12-14-4-2-3-6-22(14)16)17(20-19-13)18-5-7-21-8-10-23-11-9-21/h2-4,6,12H,5,7-11H2,1H3,(H,18,20). The van der Waals surface area contributed by atoms with Gasteiger partial charge >= 0.3 is 0 Å². The van der Waals surface area contributed by atoms with Crippen molar-refractivity contribution in [2.45, 2.75) is 6.92 Å². The monoisotopic (exact) mass is 311 g/mol. The molecule has 0 radical (unpaired) electrons. The molecule has 1 saturated heterocycles. The van der Waals surface area contributed by atoms with E-state index in [1.54, 1.807) is 0 Å². The number of nitrogens with zero attached hydrogens (tertiary/aromatic N) is 4. The molecule has 6 nitrogen and oxygen atoms in total. The quantitative estimate of drug-likeness (QED) is 0.798. The van der Waals surface area contributed by atoms with Gasteiger partial charge in [0.15, 0.2) is 5.82 Å². The summed E-state index contributed by atoms with van der Waals surface area (Å²) in [6.45, 7) is 7.54. The van der Waals surface area contributed by atoms with Crippen LogP contribution in [0.1, 0.15) is 5.69 Å². The molecule has 1 aliphatic rings. The van der Waals surface area contributed by atoms with Crippen molar-refractivity contribution in [2.75, 3.05) is 44.7 Å². The molecule has 0 spiro atoms. The van der Waals surface area contributed by atoms with Crippen LogP contribution in [0.25, 0.3) is 16.4 Å². The molecule has 0 saturated carbocycles. The van der Waals surface area contributed by atoms with E-state index >= 15 is 0 Å². The van der Waals surface area contributed by atoms with Gasteiger partial charge in [-0.2, -0.15) is 5.10 Å². The third-order valence-corrected chi connectivity index (χ3v) is 4.40. The van der Waals surface area contributed by atoms with Crippen molar-refractivity contribution in [3.8, 4) is 0 Å². The molecule has 6 heteroatoms. The van der Waals surface area contributed by atoms with Crippen molar-refractivity contribution in [3.63, 3.8) is 0 Å². The van der Waals surface area contributed by atoms with Crippen LogP contribution < -0.4 is 5.32 Å². The van der Waals surface area contributed by atoms with Gasteiger partial charge in [0.1, 0.15) is 0 Å². The van der Waals surface area contributed by atoms with Crippen molar-refractivity contribution < 1.29 is 4.74 Å². The molecular weight excluding hydrogens is 290 g/mol. The maximum atomic E-state index is 5.38. The van der Waals surface area contributed by atoms with Gasteiger partial charge in [-0.05, 0) is 25.1 Å². The third kappa shape index (κ3) is 2.75. The minimum atomic E-state index is 0.833. The molecule has 23 heavy (non-hydrogen) atoms. The molecule has 120 valence electrons. The lowest BCUT2D eigenvalue weighted by molar-refractivity contribution is 0.0398. The van der Waals surface area contributed by atoms with Crippen LogP contribution in [0.4, 0.5) is 5.82 Å². The molecule has 0 unspecified atom stereocenters. The second-order valence-corrected chi connectivity index (χ2v) is 5.92. The predicted molar refractivity (Wildman–Crippen MR) is 91.0 cm³/mol. The topological polar surface area (TPSA) is 54.7 Å². The fraction of sp³-hybridized carbons (Fsp3) is 0.412. The smallest absolute Gasteiger partial charge is 0.158 e. The zero-order valence-corrected chi connectivity index (χ0v) is 13.3. The Balaban J connectivity index is 1.58. The first-order valence-corrected chi connectivity index (χ1v) is 8.10. The SMILES string of the molecule is Cc1nnc(NCCN2CCOCC2)c2cc3ccccn3c12. The van der Waals surface area contributed by atoms with E-state index in [4.69, 9.17) is 4.74 Å². The molecule has 4 rings (SSSR count). The minimum absolute atomic E-state index is 0.833. The van der Waals surface area contributed by atoms with Gasteiger partial charge in [0.05, 0.1) is 24.4 Å². The molecule has 3 aromatic heterocycles. The van der Waals surface area contributed by atoms with Crippen molar-refractivity contribution in [1.82, 2.24) is 19.5 Å². The first-order chi connectivity index (χ1) is 11.3. The fourth-order valence-electron chi connectivity index (χ4n) is 3.19. The van der Waals surface area contributed by atoms with Crippen LogP contribution in [0.5, 0.6) is 0 Å². The first kappa shape index (κ1) is 14.4. The van der Waals surface area contributed by atoms with E-state index < -0.39 is 0 Å². The third-order valence-electron chi connectivity index (χ3n) is 4.40. The second-order valence-electron chi connectivity index (χ2n) is 5.92. The predicted octanol–water partition coefficient (Wildman–Crippen LogP) is 1.94. The Morgan fingerprint density at radius 3 is 2.96 bits per heavy atom. The summed E-state index contributed by atoms with van der Waals surface area (Å²) < 4.78 is 7.55. The second kappa shape index (κ2) is 6.14. The van der Waals surface area contributed by atoms with Crippen molar-refractivity contribution in [2.24, 2.45) is 0 Å². The maximum absolute atomic E-state index is 5.38. The highest BCUT2D eigenvalue weighted by Gasteiger charge is 2.13. The average Bonchev–Trinajstić information content (AvgIpc) is 2.98. The van der Waals surface area contributed by atoms with Crippen molar-refractivity contribution in [1.29, 1.82) is 0 Å². The molecule has 0 aromatic carbocycles. The summed E-state index contributed by atoms with van der Waals surface area (Å²) in [7, 11) is 0. The number of ether oxygens (including phenoxy) is 1. The van der Waals surface area contributed by atoms with Gasteiger partial charge in [0.2, 0.25) is 0 Å². The van der Waals surface area contributed by atoms with Crippen molar-refractivity contribution >= 4 is 22.2 Å². The molecular formula is C17H21N5O. The Kier molecular flexibility index (Phi) is 3.85. The summed E-state index contributed by atoms with van der Waals surface area (Å²) in [5.74, 6) is 0.863. The van der Waals surface area contributed by atoms with Crippen molar-refractivity contribution in [3.05, 3.63) is 36.2 Å². The normalized spacial score (nSPS) is 16.2. The van der Waals surface area contributed by atoms with E-state index in [9.17, 15) is 0 Å². The van der Waals surface area contributed by atoms with Gasteiger partial charge in [-0.15, -0.1) is 5.10 Å². The van der Waals surface area contributed by atoms with E-state index in [1.165, 1.54) is 0 Å². The van der Waals surface area contributed by atoms with E-state index in [0.717, 1.165) is 67.3 Å². The van der Waals surface area contributed by atoms with Crippen LogP contribution in [0.3, 0.4) is 0 Å². The zero-order chi connectivity index (χ0) is 15.6. The number of fused-ring (bicyclic) bond motifs is 3. The summed E-state index contributed by atoms with van der Waals surface area (Å²) in [5.41, 5.74) is 3.24. The van der Waals surface area contributed by atoms with Gasteiger partial charge in [0, 0.05) is 43.3 Å². The van der Waals surface area contributed by atoms with Gasteiger partial charge < -0.3 is 14.5 Å². The Labute approximate surface area is 135 Å². The molecule has 4 heterocycles. The zero-order valence-electron chi connectivity index (χ0n) is 13.3. The summed E-state index contributed by atoms with van der Waals surface area (Å²) >= 11 is 0. The molecule has 1 N–H and O–H groups in total. The summed E-state index contributed by atoms with van der Waals surface area (Å²) in [5, 5.41) is 13.3. The largest absolute Gasteiger partial charge is 0.379 e. The van der Waals surface area contributed by atoms with E-state index in [2.05, 4.69) is 49.2 Å². The Morgan fingerprint density at radius 2 is 2.09 bits per heavy atom. The van der Waals surface area contributed by atoms with Gasteiger partial charge in [-0.3, -0.25) is 4.90 Å². The lowest BCUT2D eigenvalue weighted by Crippen LogP contribution is -2.39. The highest BCUT2D eigenvalue weighted by Crippen LogP contribution is 2.26. The van der Waals surface area contributed by atoms with Gasteiger partial charge in [-0.1, -0.05) is 6.07 Å². The molecule has 1 fully saturated rings. The summed E-state index contributed by atoms with van der Waals surface area (Å²) in [6, 6.07) is 8.37. The van der Waals surface area contributed by atoms with Crippen LogP contribution in [0.15, 0.2) is 30.5 Å².